The summed E-state index contributed by atoms with van der Waals surface area (Å²) < 4.78 is 0. The molecule has 0 amide bonds. The Hall–Kier alpha value is -0.0400. The zero-order chi connectivity index (χ0) is 7.31. The quantitative estimate of drug-likeness (QED) is 0.637. The van der Waals surface area contributed by atoms with Gasteiger partial charge in [0.15, 0.2) is 0 Å². The van der Waals surface area contributed by atoms with Crippen molar-refractivity contribution >= 4 is 0 Å². The van der Waals surface area contributed by atoms with E-state index >= 15 is 0 Å². The first-order valence-corrected chi connectivity index (χ1v) is 5.12. The number of hydrogen-bond acceptors (Lipinski definition) is 1. The van der Waals surface area contributed by atoms with Gasteiger partial charge in [0.05, 0.1) is 0 Å². The predicted molar refractivity (Wildman–Crippen MR) is 45.5 cm³/mol. The summed E-state index contributed by atoms with van der Waals surface area (Å²) in [6, 6.07) is 1.85. The van der Waals surface area contributed by atoms with Gasteiger partial charge in [0.2, 0.25) is 0 Å². The van der Waals surface area contributed by atoms with Gasteiger partial charge >= 0.3 is 0 Å². The molecule has 1 N–H and O–H groups in total. The lowest BCUT2D eigenvalue weighted by molar-refractivity contribution is -0.00264. The normalized spacial score (nSPS) is 34.9. The predicted octanol–water partition coefficient (Wildman–Crippen LogP) is 2.07. The summed E-state index contributed by atoms with van der Waals surface area (Å²) in [5.41, 5.74) is 0.868. The van der Waals surface area contributed by atoms with Crippen LogP contribution >= 0.6 is 0 Å². The fourth-order valence-corrected chi connectivity index (χ4v) is 2.77. The van der Waals surface area contributed by atoms with Crippen molar-refractivity contribution in [1.29, 1.82) is 0 Å². The molecule has 0 aromatic carbocycles. The molecule has 3 aliphatic rings. The van der Waals surface area contributed by atoms with Crippen molar-refractivity contribution < 1.29 is 0 Å². The molecule has 0 radical (unpaired) electrons. The lowest BCUT2D eigenvalue weighted by atomic mass is 9.54. The summed E-state index contributed by atoms with van der Waals surface area (Å²) in [4.78, 5) is 0. The Morgan fingerprint density at radius 2 is 1.73 bits per heavy atom. The minimum absolute atomic E-state index is 0.868. The smallest absolute Gasteiger partial charge is 0.00802 e. The first kappa shape index (κ1) is 6.47. The topological polar surface area (TPSA) is 12.0 Å². The van der Waals surface area contributed by atoms with Gasteiger partial charge in [-0.1, -0.05) is 6.42 Å². The zero-order valence-corrected chi connectivity index (χ0v) is 7.10. The van der Waals surface area contributed by atoms with Crippen LogP contribution in [0, 0.1) is 5.41 Å². The first-order chi connectivity index (χ1) is 5.36. The monoisotopic (exact) mass is 151 g/mol. The lowest BCUT2D eigenvalue weighted by Crippen LogP contribution is -2.52. The van der Waals surface area contributed by atoms with Gasteiger partial charge < -0.3 is 5.32 Å². The zero-order valence-electron chi connectivity index (χ0n) is 7.10. The third-order valence-corrected chi connectivity index (χ3v) is 3.82. The van der Waals surface area contributed by atoms with Crippen molar-refractivity contribution in [3.63, 3.8) is 0 Å². The molecule has 3 aliphatic carbocycles. The van der Waals surface area contributed by atoms with Gasteiger partial charge in [0.1, 0.15) is 0 Å². The maximum atomic E-state index is 3.71. The van der Waals surface area contributed by atoms with E-state index in [0.717, 1.165) is 17.5 Å². The fraction of sp³-hybridized carbons (Fsp3) is 1.00. The molecule has 1 spiro atoms. The Labute approximate surface area is 68.6 Å². The van der Waals surface area contributed by atoms with E-state index in [4.69, 9.17) is 0 Å². The maximum Gasteiger partial charge on any atom is 0.00802 e. The van der Waals surface area contributed by atoms with Crippen LogP contribution in [0.5, 0.6) is 0 Å². The molecule has 11 heavy (non-hydrogen) atoms. The van der Waals surface area contributed by atoms with Gasteiger partial charge in [-0.05, 0) is 43.9 Å². The molecule has 3 rings (SSSR count). The Morgan fingerprint density at radius 3 is 2.18 bits per heavy atom. The lowest BCUT2D eigenvalue weighted by Gasteiger charge is -2.54. The SMILES string of the molecule is C1CC2(C1)CC(NC1CC1)C2. The van der Waals surface area contributed by atoms with Crippen molar-refractivity contribution in [1.82, 2.24) is 5.32 Å². The number of hydrogen-bond donors (Lipinski definition) is 1. The Bertz CT molecular complexity index is 160. The third-order valence-electron chi connectivity index (χ3n) is 3.82. The molecule has 3 fully saturated rings. The van der Waals surface area contributed by atoms with Crippen molar-refractivity contribution in [2.24, 2.45) is 5.41 Å². The average Bonchev–Trinajstić information content (AvgIpc) is 2.54. The highest BCUT2D eigenvalue weighted by molar-refractivity contribution is 5.04. The highest BCUT2D eigenvalue weighted by Crippen LogP contribution is 2.56. The van der Waals surface area contributed by atoms with Crippen molar-refractivity contribution in [3.8, 4) is 0 Å². The molecule has 3 saturated carbocycles. The minimum Gasteiger partial charge on any atom is -0.311 e. The first-order valence-electron chi connectivity index (χ1n) is 5.12. The summed E-state index contributed by atoms with van der Waals surface area (Å²) in [6.07, 6.45) is 10.5. The van der Waals surface area contributed by atoms with E-state index in [2.05, 4.69) is 5.32 Å². The van der Waals surface area contributed by atoms with Gasteiger partial charge in [-0.25, -0.2) is 0 Å². The van der Waals surface area contributed by atoms with E-state index in [1.807, 2.05) is 0 Å². The molecule has 62 valence electrons. The molecular formula is C10H17N. The van der Waals surface area contributed by atoms with Gasteiger partial charge in [0.25, 0.3) is 0 Å². The second-order valence-electron chi connectivity index (χ2n) is 4.90. The van der Waals surface area contributed by atoms with Gasteiger partial charge in [-0.2, -0.15) is 0 Å². The molecular weight excluding hydrogens is 134 g/mol. The van der Waals surface area contributed by atoms with E-state index < -0.39 is 0 Å². The van der Waals surface area contributed by atoms with Crippen LogP contribution in [0.15, 0.2) is 0 Å². The molecule has 0 heterocycles. The largest absolute Gasteiger partial charge is 0.311 e. The maximum absolute atomic E-state index is 3.71. The number of rotatable bonds is 2. The molecule has 1 heteroatoms. The van der Waals surface area contributed by atoms with Crippen molar-refractivity contribution in [2.75, 3.05) is 0 Å². The number of nitrogens with one attached hydrogen (secondary N) is 1. The highest BCUT2D eigenvalue weighted by Gasteiger charge is 2.48. The van der Waals surface area contributed by atoms with Crippen molar-refractivity contribution in [3.05, 3.63) is 0 Å². The molecule has 0 unspecified atom stereocenters. The van der Waals surface area contributed by atoms with Crippen molar-refractivity contribution in [2.45, 2.75) is 57.0 Å². The summed E-state index contributed by atoms with van der Waals surface area (Å²) in [5, 5.41) is 3.71. The average molecular weight is 151 g/mol. The third kappa shape index (κ3) is 1.01. The summed E-state index contributed by atoms with van der Waals surface area (Å²) >= 11 is 0. The van der Waals surface area contributed by atoms with E-state index in [0.29, 0.717) is 0 Å². The van der Waals surface area contributed by atoms with Gasteiger partial charge in [-0.15, -0.1) is 0 Å². The van der Waals surface area contributed by atoms with E-state index in [9.17, 15) is 0 Å². The highest BCUT2D eigenvalue weighted by atomic mass is 15.0. The summed E-state index contributed by atoms with van der Waals surface area (Å²) in [5.74, 6) is 0. The molecule has 0 saturated heterocycles. The van der Waals surface area contributed by atoms with Crippen LogP contribution in [0.3, 0.4) is 0 Å². The van der Waals surface area contributed by atoms with Crippen LogP contribution in [0.25, 0.3) is 0 Å². The van der Waals surface area contributed by atoms with E-state index in [-0.39, 0.29) is 0 Å². The standard InChI is InChI=1S/C10H17N/c1-4-10(5-1)6-9(7-10)11-8-2-3-8/h8-9,11H,1-7H2. The van der Waals surface area contributed by atoms with Crippen LogP contribution in [0.4, 0.5) is 0 Å². The van der Waals surface area contributed by atoms with Crippen LogP contribution < -0.4 is 5.32 Å². The van der Waals surface area contributed by atoms with Gasteiger partial charge in [0, 0.05) is 12.1 Å². The van der Waals surface area contributed by atoms with E-state index in [1.54, 1.807) is 0 Å². The van der Waals surface area contributed by atoms with Gasteiger partial charge in [-0.3, -0.25) is 0 Å². The summed E-state index contributed by atoms with van der Waals surface area (Å²) in [6.45, 7) is 0. The molecule has 0 aromatic rings. The van der Waals surface area contributed by atoms with E-state index in [1.165, 1.54) is 44.9 Å². The Balaban J connectivity index is 1.47. The second kappa shape index (κ2) is 2.01. The minimum atomic E-state index is 0.868. The van der Waals surface area contributed by atoms with Crippen LogP contribution in [0.1, 0.15) is 44.9 Å². The molecule has 0 bridgehead atoms. The Morgan fingerprint density at radius 1 is 1.00 bits per heavy atom. The van der Waals surface area contributed by atoms with Crippen LogP contribution in [0.2, 0.25) is 0 Å². The molecule has 1 nitrogen and oxygen atoms in total. The fourth-order valence-electron chi connectivity index (χ4n) is 2.77. The summed E-state index contributed by atoms with van der Waals surface area (Å²) in [7, 11) is 0. The molecule has 0 aliphatic heterocycles. The van der Waals surface area contributed by atoms with Crippen LogP contribution in [-0.2, 0) is 0 Å². The molecule has 0 aromatic heterocycles. The Kier molecular flexibility index (Phi) is 1.18. The molecule has 0 atom stereocenters. The van der Waals surface area contributed by atoms with Crippen LogP contribution in [-0.4, -0.2) is 12.1 Å². The second-order valence-corrected chi connectivity index (χ2v) is 4.90.